The molecule has 5 heteroatoms. The van der Waals surface area contributed by atoms with Crippen molar-refractivity contribution < 1.29 is 0 Å². The molecule has 110 valence electrons. The van der Waals surface area contributed by atoms with E-state index >= 15 is 0 Å². The number of aromatic nitrogens is 5. The largest absolute Gasteiger partial charge is 0.355 e. The van der Waals surface area contributed by atoms with Gasteiger partial charge in [0.25, 0.3) is 0 Å². The van der Waals surface area contributed by atoms with Gasteiger partial charge in [0, 0.05) is 58.0 Å². The summed E-state index contributed by atoms with van der Waals surface area (Å²) < 4.78 is 4.02. The molecule has 0 amide bonds. The number of imidazole rings is 2. The van der Waals surface area contributed by atoms with Gasteiger partial charge >= 0.3 is 0 Å². The highest BCUT2D eigenvalue weighted by molar-refractivity contribution is 6.08. The zero-order valence-corrected chi connectivity index (χ0v) is 12.2. The first-order chi connectivity index (χ1) is 11.4. The van der Waals surface area contributed by atoms with Gasteiger partial charge in [0.1, 0.15) is 0 Å². The predicted molar refractivity (Wildman–Crippen MR) is 90.0 cm³/mol. The van der Waals surface area contributed by atoms with Gasteiger partial charge in [0.15, 0.2) is 0 Å². The van der Waals surface area contributed by atoms with Crippen molar-refractivity contribution in [3.05, 3.63) is 73.8 Å². The Hall–Kier alpha value is -3.34. The molecule has 1 N–H and O–H groups in total. The molecule has 0 fully saturated rings. The molecule has 0 aliphatic heterocycles. The lowest BCUT2D eigenvalue weighted by atomic mass is 10.1. The molecule has 0 saturated carbocycles. The molecule has 0 unspecified atom stereocenters. The first kappa shape index (κ1) is 12.2. The van der Waals surface area contributed by atoms with Crippen molar-refractivity contribution in [2.45, 2.75) is 0 Å². The van der Waals surface area contributed by atoms with E-state index in [0.29, 0.717) is 0 Å². The second-order valence-corrected chi connectivity index (χ2v) is 5.52. The van der Waals surface area contributed by atoms with Crippen molar-refractivity contribution in [3.8, 4) is 11.4 Å². The topological polar surface area (TPSA) is 51.4 Å². The Morgan fingerprint density at radius 1 is 0.696 bits per heavy atom. The van der Waals surface area contributed by atoms with E-state index in [9.17, 15) is 0 Å². The van der Waals surface area contributed by atoms with Gasteiger partial charge in [-0.3, -0.25) is 0 Å². The number of H-pyrrole nitrogens is 1. The third-order valence-electron chi connectivity index (χ3n) is 4.17. The maximum Gasteiger partial charge on any atom is 0.0991 e. The fraction of sp³-hybridized carbons (Fsp3) is 0. The van der Waals surface area contributed by atoms with Crippen molar-refractivity contribution in [2.75, 3.05) is 0 Å². The number of rotatable bonds is 2. The molecule has 0 saturated heterocycles. The minimum atomic E-state index is 1.10. The van der Waals surface area contributed by atoms with Crippen LogP contribution in [0.2, 0.25) is 0 Å². The van der Waals surface area contributed by atoms with Crippen LogP contribution < -0.4 is 0 Å². The monoisotopic (exact) mass is 299 g/mol. The standard InChI is InChI=1S/C18H13N5/c1-3-17-15(9-13(1)22-7-5-19-11-22)16-10-14(2-4-18(16)21-17)23-8-6-20-12-23/h1-12,21H. The maximum atomic E-state index is 4.12. The van der Waals surface area contributed by atoms with Crippen molar-refractivity contribution in [1.29, 1.82) is 0 Å². The van der Waals surface area contributed by atoms with Gasteiger partial charge in [-0.2, -0.15) is 0 Å². The van der Waals surface area contributed by atoms with Gasteiger partial charge in [0.2, 0.25) is 0 Å². The predicted octanol–water partition coefficient (Wildman–Crippen LogP) is 3.69. The fourth-order valence-electron chi connectivity index (χ4n) is 3.02. The van der Waals surface area contributed by atoms with Crippen LogP contribution in [-0.2, 0) is 0 Å². The average Bonchev–Trinajstić information content (AvgIpc) is 3.33. The van der Waals surface area contributed by atoms with Crippen LogP contribution in [0.15, 0.2) is 73.8 Å². The lowest BCUT2D eigenvalue weighted by molar-refractivity contribution is 1.06. The van der Waals surface area contributed by atoms with Gasteiger partial charge in [-0.15, -0.1) is 0 Å². The third kappa shape index (κ3) is 1.87. The van der Waals surface area contributed by atoms with Crippen molar-refractivity contribution >= 4 is 21.8 Å². The van der Waals surface area contributed by atoms with Crippen molar-refractivity contribution in [2.24, 2.45) is 0 Å². The molecular formula is C18H13N5. The van der Waals surface area contributed by atoms with Crippen molar-refractivity contribution in [1.82, 2.24) is 24.1 Å². The van der Waals surface area contributed by atoms with E-state index < -0.39 is 0 Å². The van der Waals surface area contributed by atoms with Crippen LogP contribution in [0.1, 0.15) is 0 Å². The van der Waals surface area contributed by atoms with Crippen LogP contribution in [0.3, 0.4) is 0 Å². The lowest BCUT2D eigenvalue weighted by Gasteiger charge is -2.03. The number of nitrogens with zero attached hydrogens (tertiary/aromatic N) is 4. The molecule has 0 spiro atoms. The summed E-state index contributed by atoms with van der Waals surface area (Å²) >= 11 is 0. The molecule has 5 rings (SSSR count). The summed E-state index contributed by atoms with van der Waals surface area (Å²) in [6, 6.07) is 12.8. The third-order valence-corrected chi connectivity index (χ3v) is 4.17. The normalized spacial score (nSPS) is 11.5. The number of aromatic amines is 1. The molecule has 3 aromatic heterocycles. The molecule has 5 nitrogen and oxygen atoms in total. The molecule has 0 atom stereocenters. The molecule has 23 heavy (non-hydrogen) atoms. The Balaban J connectivity index is 1.77. The van der Waals surface area contributed by atoms with Crippen LogP contribution in [0, 0.1) is 0 Å². The van der Waals surface area contributed by atoms with Gasteiger partial charge < -0.3 is 14.1 Å². The van der Waals surface area contributed by atoms with E-state index in [1.54, 1.807) is 12.4 Å². The highest BCUT2D eigenvalue weighted by Gasteiger charge is 2.07. The van der Waals surface area contributed by atoms with E-state index in [4.69, 9.17) is 0 Å². The van der Waals surface area contributed by atoms with Crippen molar-refractivity contribution in [3.63, 3.8) is 0 Å². The Kier molecular flexibility index (Phi) is 2.43. The molecular weight excluding hydrogens is 286 g/mol. The number of benzene rings is 2. The summed E-state index contributed by atoms with van der Waals surface area (Å²) in [4.78, 5) is 11.7. The zero-order chi connectivity index (χ0) is 15.2. The second-order valence-electron chi connectivity index (χ2n) is 5.52. The van der Waals surface area contributed by atoms with E-state index in [1.165, 1.54) is 10.8 Å². The molecule has 0 bridgehead atoms. The van der Waals surface area contributed by atoms with Gasteiger partial charge in [-0.05, 0) is 36.4 Å². The molecule has 0 aliphatic rings. The Morgan fingerprint density at radius 2 is 1.22 bits per heavy atom. The summed E-state index contributed by atoms with van der Waals surface area (Å²) in [6.07, 6.45) is 11.1. The van der Waals surface area contributed by atoms with Gasteiger partial charge in [-0.25, -0.2) is 9.97 Å². The fourth-order valence-corrected chi connectivity index (χ4v) is 3.02. The molecule has 2 aromatic carbocycles. The lowest BCUT2D eigenvalue weighted by Crippen LogP contribution is -1.89. The summed E-state index contributed by atoms with van der Waals surface area (Å²) in [5, 5.41) is 2.40. The smallest absolute Gasteiger partial charge is 0.0991 e. The first-order valence-electron chi connectivity index (χ1n) is 7.41. The number of fused-ring (bicyclic) bond motifs is 3. The van der Waals surface area contributed by atoms with E-state index in [1.807, 2.05) is 34.2 Å². The highest BCUT2D eigenvalue weighted by Crippen LogP contribution is 2.29. The van der Waals surface area contributed by atoms with Crippen LogP contribution in [0.4, 0.5) is 0 Å². The molecule has 3 heterocycles. The van der Waals surface area contributed by atoms with E-state index in [0.717, 1.165) is 22.4 Å². The Morgan fingerprint density at radius 3 is 1.65 bits per heavy atom. The summed E-state index contributed by atoms with van der Waals surface area (Å²) in [5.41, 5.74) is 4.46. The van der Waals surface area contributed by atoms with Crippen LogP contribution in [-0.4, -0.2) is 24.1 Å². The van der Waals surface area contributed by atoms with Crippen LogP contribution in [0.5, 0.6) is 0 Å². The Bertz CT molecular complexity index is 1010. The minimum absolute atomic E-state index is 1.10. The van der Waals surface area contributed by atoms with E-state index in [2.05, 4.69) is 51.4 Å². The number of hydrogen-bond acceptors (Lipinski definition) is 2. The van der Waals surface area contributed by atoms with Crippen LogP contribution in [0.25, 0.3) is 33.2 Å². The zero-order valence-electron chi connectivity index (χ0n) is 12.2. The molecule has 0 radical (unpaired) electrons. The SMILES string of the molecule is c1cn(-c2ccc3[nH]c4ccc(-n5ccnc5)cc4c3c2)cn1. The number of nitrogens with one attached hydrogen (secondary N) is 1. The highest BCUT2D eigenvalue weighted by atomic mass is 15.0. The van der Waals surface area contributed by atoms with Crippen LogP contribution >= 0.6 is 0 Å². The molecule has 5 aromatic rings. The van der Waals surface area contributed by atoms with Gasteiger partial charge in [-0.1, -0.05) is 0 Å². The average molecular weight is 299 g/mol. The summed E-state index contributed by atoms with van der Waals surface area (Å²) in [6.45, 7) is 0. The molecule has 0 aliphatic carbocycles. The Labute approximate surface area is 131 Å². The second kappa shape index (κ2) is 4.58. The quantitative estimate of drug-likeness (QED) is 0.540. The number of hydrogen-bond donors (Lipinski definition) is 1. The minimum Gasteiger partial charge on any atom is -0.355 e. The summed E-state index contributed by atoms with van der Waals surface area (Å²) in [7, 11) is 0. The van der Waals surface area contributed by atoms with E-state index in [-0.39, 0.29) is 0 Å². The first-order valence-corrected chi connectivity index (χ1v) is 7.41. The van der Waals surface area contributed by atoms with Gasteiger partial charge in [0.05, 0.1) is 12.7 Å². The summed E-state index contributed by atoms with van der Waals surface area (Å²) in [5.74, 6) is 0. The maximum absolute atomic E-state index is 4.12.